The first-order chi connectivity index (χ1) is 6.20. The minimum atomic E-state index is 0.730. The number of benzene rings is 1. The van der Waals surface area contributed by atoms with E-state index in [0.717, 1.165) is 22.8 Å². The molecule has 1 fully saturated rings. The van der Waals surface area contributed by atoms with E-state index in [0.29, 0.717) is 0 Å². The normalized spacial score (nSPS) is 26.5. The predicted octanol–water partition coefficient (Wildman–Crippen LogP) is 4.10. The summed E-state index contributed by atoms with van der Waals surface area (Å²) >= 11 is 6.13. The molecule has 0 spiro atoms. The Morgan fingerprint density at radius 2 is 2.00 bits per heavy atom. The molecule has 13 heavy (non-hydrogen) atoms. The first kappa shape index (κ1) is 9.08. The Labute approximate surface area is 84.9 Å². The third-order valence-corrected chi connectivity index (χ3v) is 3.35. The third-order valence-electron chi connectivity index (χ3n) is 3.00. The highest BCUT2D eigenvalue weighted by molar-refractivity contribution is 6.31. The molecule has 2 unspecified atom stereocenters. The fourth-order valence-electron chi connectivity index (χ4n) is 2.08. The van der Waals surface area contributed by atoms with Crippen molar-refractivity contribution < 1.29 is 0 Å². The maximum Gasteiger partial charge on any atom is 0.0440 e. The molecule has 0 N–H and O–H groups in total. The van der Waals surface area contributed by atoms with Crippen molar-refractivity contribution in [1.82, 2.24) is 0 Å². The summed E-state index contributed by atoms with van der Waals surface area (Å²) in [5.74, 6) is 2.38. The summed E-state index contributed by atoms with van der Waals surface area (Å²) in [5, 5.41) is 0.940. The van der Waals surface area contributed by atoms with Gasteiger partial charge < -0.3 is 0 Å². The monoisotopic (exact) mass is 194 g/mol. The topological polar surface area (TPSA) is 0 Å². The first-order valence-corrected chi connectivity index (χ1v) is 5.32. The van der Waals surface area contributed by atoms with Gasteiger partial charge in [-0.25, -0.2) is 0 Å². The van der Waals surface area contributed by atoms with Crippen molar-refractivity contribution in [3.63, 3.8) is 0 Å². The summed E-state index contributed by atoms with van der Waals surface area (Å²) < 4.78 is 0. The molecule has 0 bridgehead atoms. The Morgan fingerprint density at radius 3 is 2.54 bits per heavy atom. The maximum atomic E-state index is 6.13. The van der Waals surface area contributed by atoms with Crippen molar-refractivity contribution in [2.24, 2.45) is 11.8 Å². The smallest absolute Gasteiger partial charge is 0.0440 e. The van der Waals surface area contributed by atoms with Gasteiger partial charge in [-0.1, -0.05) is 43.6 Å². The second kappa shape index (κ2) is 3.34. The summed E-state index contributed by atoms with van der Waals surface area (Å²) in [5.41, 5.74) is 1.35. The van der Waals surface area contributed by atoms with Gasteiger partial charge in [-0.15, -0.1) is 0 Å². The van der Waals surface area contributed by atoms with E-state index in [1.165, 1.54) is 12.0 Å². The van der Waals surface area contributed by atoms with Crippen molar-refractivity contribution in [3.8, 4) is 0 Å². The van der Waals surface area contributed by atoms with E-state index in [9.17, 15) is 0 Å². The number of hydrogen-bond acceptors (Lipinski definition) is 0. The van der Waals surface area contributed by atoms with E-state index < -0.39 is 0 Å². The maximum absolute atomic E-state index is 6.13. The van der Waals surface area contributed by atoms with Gasteiger partial charge in [0.2, 0.25) is 0 Å². The third kappa shape index (κ3) is 1.73. The predicted molar refractivity (Wildman–Crippen MR) is 57.1 cm³/mol. The lowest BCUT2D eigenvalue weighted by molar-refractivity contribution is 0.549. The van der Waals surface area contributed by atoms with Crippen molar-refractivity contribution >= 4 is 11.6 Å². The molecular weight excluding hydrogens is 180 g/mol. The second-order valence-corrected chi connectivity index (χ2v) is 4.68. The zero-order chi connectivity index (χ0) is 9.42. The summed E-state index contributed by atoms with van der Waals surface area (Å²) in [6, 6.07) is 8.23. The molecule has 1 aromatic rings. The van der Waals surface area contributed by atoms with Crippen LogP contribution in [-0.4, -0.2) is 0 Å². The SMILES string of the molecule is CC(C)C1CC1c1ccccc1Cl. The van der Waals surface area contributed by atoms with Gasteiger partial charge in [0.05, 0.1) is 0 Å². The number of rotatable bonds is 2. The average Bonchev–Trinajstić information content (AvgIpc) is 2.84. The molecule has 1 aliphatic rings. The van der Waals surface area contributed by atoms with E-state index >= 15 is 0 Å². The van der Waals surface area contributed by atoms with Crippen molar-refractivity contribution in [2.45, 2.75) is 26.2 Å². The van der Waals surface area contributed by atoms with Crippen LogP contribution in [0.5, 0.6) is 0 Å². The van der Waals surface area contributed by atoms with Gasteiger partial charge in [-0.3, -0.25) is 0 Å². The fraction of sp³-hybridized carbons (Fsp3) is 0.500. The summed E-state index contributed by atoms with van der Waals surface area (Å²) in [6.07, 6.45) is 1.32. The minimum Gasteiger partial charge on any atom is -0.0840 e. The minimum absolute atomic E-state index is 0.730. The fourth-order valence-corrected chi connectivity index (χ4v) is 2.36. The lowest BCUT2D eigenvalue weighted by Gasteiger charge is -2.05. The van der Waals surface area contributed by atoms with Crippen LogP contribution >= 0.6 is 11.6 Å². The van der Waals surface area contributed by atoms with Crippen LogP contribution in [0.25, 0.3) is 0 Å². The number of halogens is 1. The Kier molecular flexibility index (Phi) is 2.33. The van der Waals surface area contributed by atoms with Crippen molar-refractivity contribution in [2.75, 3.05) is 0 Å². The van der Waals surface area contributed by atoms with Crippen LogP contribution in [0.4, 0.5) is 0 Å². The van der Waals surface area contributed by atoms with Crippen LogP contribution in [0, 0.1) is 11.8 Å². The van der Waals surface area contributed by atoms with Crippen LogP contribution in [0.2, 0.25) is 5.02 Å². The van der Waals surface area contributed by atoms with Gasteiger partial charge in [0.1, 0.15) is 0 Å². The van der Waals surface area contributed by atoms with Crippen LogP contribution < -0.4 is 0 Å². The molecule has 2 atom stereocenters. The van der Waals surface area contributed by atoms with E-state index in [1.807, 2.05) is 12.1 Å². The van der Waals surface area contributed by atoms with Gasteiger partial charge in [0, 0.05) is 5.02 Å². The van der Waals surface area contributed by atoms with Gasteiger partial charge in [0.25, 0.3) is 0 Å². The highest BCUT2D eigenvalue weighted by Crippen LogP contribution is 2.53. The lowest BCUT2D eigenvalue weighted by atomic mass is 10.0. The highest BCUT2D eigenvalue weighted by atomic mass is 35.5. The Morgan fingerprint density at radius 1 is 1.31 bits per heavy atom. The first-order valence-electron chi connectivity index (χ1n) is 4.94. The zero-order valence-corrected chi connectivity index (χ0v) is 8.88. The molecule has 0 amide bonds. The molecular formula is C12H15Cl. The molecule has 1 aliphatic carbocycles. The van der Waals surface area contributed by atoms with Gasteiger partial charge >= 0.3 is 0 Å². The largest absolute Gasteiger partial charge is 0.0840 e. The van der Waals surface area contributed by atoms with Crippen LogP contribution in [-0.2, 0) is 0 Å². The molecule has 0 aliphatic heterocycles. The van der Waals surface area contributed by atoms with Crippen molar-refractivity contribution in [1.29, 1.82) is 0 Å². The summed E-state index contributed by atoms with van der Waals surface area (Å²) in [4.78, 5) is 0. The highest BCUT2D eigenvalue weighted by Gasteiger charge is 2.40. The van der Waals surface area contributed by atoms with Gasteiger partial charge in [0.15, 0.2) is 0 Å². The van der Waals surface area contributed by atoms with E-state index in [-0.39, 0.29) is 0 Å². The van der Waals surface area contributed by atoms with Crippen molar-refractivity contribution in [3.05, 3.63) is 34.9 Å². The molecule has 1 saturated carbocycles. The quantitative estimate of drug-likeness (QED) is 0.665. The Hall–Kier alpha value is -0.490. The van der Waals surface area contributed by atoms with Crippen LogP contribution in [0.1, 0.15) is 31.7 Å². The number of hydrogen-bond donors (Lipinski definition) is 0. The van der Waals surface area contributed by atoms with Crippen LogP contribution in [0.15, 0.2) is 24.3 Å². The molecule has 0 saturated heterocycles. The molecule has 0 radical (unpaired) electrons. The molecule has 1 heteroatoms. The second-order valence-electron chi connectivity index (χ2n) is 4.27. The zero-order valence-electron chi connectivity index (χ0n) is 8.13. The summed E-state index contributed by atoms with van der Waals surface area (Å²) in [6.45, 7) is 4.59. The van der Waals surface area contributed by atoms with E-state index in [4.69, 9.17) is 11.6 Å². The standard InChI is InChI=1S/C12H15Cl/c1-8(2)10-7-11(10)9-5-3-4-6-12(9)13/h3-6,8,10-11H,7H2,1-2H3. The van der Waals surface area contributed by atoms with E-state index in [2.05, 4.69) is 26.0 Å². The Balaban J connectivity index is 2.16. The molecule has 0 aromatic heterocycles. The lowest BCUT2D eigenvalue weighted by Crippen LogP contribution is -1.92. The Bertz CT molecular complexity index is 304. The molecule has 70 valence electrons. The summed E-state index contributed by atoms with van der Waals surface area (Å²) in [7, 11) is 0. The molecule has 2 rings (SSSR count). The molecule has 0 heterocycles. The van der Waals surface area contributed by atoms with Crippen LogP contribution in [0.3, 0.4) is 0 Å². The van der Waals surface area contributed by atoms with Gasteiger partial charge in [-0.2, -0.15) is 0 Å². The molecule has 1 aromatic carbocycles. The average molecular weight is 195 g/mol. The van der Waals surface area contributed by atoms with Gasteiger partial charge in [-0.05, 0) is 35.8 Å². The molecule has 0 nitrogen and oxygen atoms in total. The van der Waals surface area contributed by atoms with E-state index in [1.54, 1.807) is 0 Å².